The van der Waals surface area contributed by atoms with Crippen molar-refractivity contribution in [1.82, 2.24) is 5.32 Å². The third-order valence-electron chi connectivity index (χ3n) is 4.72. The maximum atomic E-state index is 10.5. The summed E-state index contributed by atoms with van der Waals surface area (Å²) >= 11 is 0. The number of anilines is 1. The van der Waals surface area contributed by atoms with Gasteiger partial charge in [-0.05, 0) is 43.2 Å². The molecule has 102 valence electrons. The molecule has 0 bridgehead atoms. The maximum absolute atomic E-state index is 10.5. The lowest BCUT2D eigenvalue weighted by Crippen LogP contribution is -2.37. The molecule has 4 heteroatoms. The average Bonchev–Trinajstić information content (AvgIpc) is 2.78. The van der Waals surface area contributed by atoms with Gasteiger partial charge in [0.05, 0.1) is 0 Å². The Balaban J connectivity index is 1.66. The van der Waals surface area contributed by atoms with Gasteiger partial charge in [-0.15, -0.1) is 0 Å². The first-order valence-electron chi connectivity index (χ1n) is 7.00. The molecule has 0 saturated heterocycles. The lowest BCUT2D eigenvalue weighted by molar-refractivity contribution is 0.186. The van der Waals surface area contributed by atoms with E-state index in [0.717, 1.165) is 32.2 Å². The topological polar surface area (TPSA) is 61.4 Å². The molecule has 3 N–H and O–H groups in total. The van der Waals surface area contributed by atoms with Gasteiger partial charge in [0.15, 0.2) is 0 Å². The van der Waals surface area contributed by atoms with E-state index in [-0.39, 0.29) is 5.41 Å². The molecule has 4 nitrogen and oxygen atoms in total. The molecule has 0 aromatic heterocycles. The molecule has 1 fully saturated rings. The third kappa shape index (κ3) is 2.27. The predicted molar refractivity (Wildman–Crippen MR) is 74.6 cm³/mol. The van der Waals surface area contributed by atoms with Crippen molar-refractivity contribution in [2.75, 3.05) is 18.4 Å². The van der Waals surface area contributed by atoms with Gasteiger partial charge in [-0.3, -0.25) is 0 Å². The summed E-state index contributed by atoms with van der Waals surface area (Å²) in [5, 5.41) is 14.7. The van der Waals surface area contributed by atoms with Crippen molar-refractivity contribution < 1.29 is 9.90 Å². The lowest BCUT2D eigenvalue weighted by atomic mass is 9.68. The molecule has 0 unspecified atom stereocenters. The summed E-state index contributed by atoms with van der Waals surface area (Å²) in [6.45, 7) is 1.63. The van der Waals surface area contributed by atoms with Crippen LogP contribution in [0.25, 0.3) is 0 Å². The van der Waals surface area contributed by atoms with Crippen LogP contribution in [0.15, 0.2) is 24.3 Å². The minimum Gasteiger partial charge on any atom is -0.465 e. The van der Waals surface area contributed by atoms with E-state index in [1.54, 1.807) is 0 Å². The molecule has 1 saturated carbocycles. The molecule has 1 aliphatic carbocycles. The van der Waals surface area contributed by atoms with Crippen molar-refractivity contribution >= 4 is 11.8 Å². The van der Waals surface area contributed by atoms with Gasteiger partial charge in [0, 0.05) is 24.2 Å². The number of para-hydroxylation sites is 1. The van der Waals surface area contributed by atoms with Crippen LogP contribution >= 0.6 is 0 Å². The van der Waals surface area contributed by atoms with Gasteiger partial charge in [0.1, 0.15) is 0 Å². The Morgan fingerprint density at radius 1 is 1.37 bits per heavy atom. The Bertz CT molecular complexity index is 479. The van der Waals surface area contributed by atoms with Crippen molar-refractivity contribution in [1.29, 1.82) is 0 Å². The quantitative estimate of drug-likeness (QED) is 0.766. The molecule has 1 amide bonds. The normalized spacial score (nSPS) is 28.7. The zero-order chi connectivity index (χ0) is 13.3. The van der Waals surface area contributed by atoms with Gasteiger partial charge < -0.3 is 15.7 Å². The van der Waals surface area contributed by atoms with Crippen molar-refractivity contribution in [3.63, 3.8) is 0 Å². The molecule has 0 radical (unpaired) electrons. The first-order chi connectivity index (χ1) is 9.20. The second-order valence-corrected chi connectivity index (χ2v) is 5.81. The molecule has 0 atom stereocenters. The van der Waals surface area contributed by atoms with Crippen LogP contribution in [0.1, 0.15) is 31.2 Å². The van der Waals surface area contributed by atoms with Crippen LogP contribution in [0.4, 0.5) is 10.5 Å². The maximum Gasteiger partial charge on any atom is 0.404 e. The summed E-state index contributed by atoms with van der Waals surface area (Å²) < 4.78 is 0. The molecular formula is C15H20N2O2. The minimum atomic E-state index is -0.909. The van der Waals surface area contributed by atoms with Crippen molar-refractivity contribution in [3.8, 4) is 0 Å². The highest BCUT2D eigenvalue weighted by Crippen LogP contribution is 2.47. The monoisotopic (exact) mass is 260 g/mol. The number of carboxylic acid groups (broad SMARTS) is 1. The van der Waals surface area contributed by atoms with E-state index in [4.69, 9.17) is 5.11 Å². The highest BCUT2D eigenvalue weighted by molar-refractivity contribution is 5.64. The average molecular weight is 260 g/mol. The molecule has 3 rings (SSSR count). The Kier molecular flexibility index (Phi) is 3.09. The molecular weight excluding hydrogens is 240 g/mol. The largest absolute Gasteiger partial charge is 0.465 e. The van der Waals surface area contributed by atoms with Gasteiger partial charge in [-0.1, -0.05) is 18.2 Å². The first kappa shape index (κ1) is 12.3. The third-order valence-corrected chi connectivity index (χ3v) is 4.72. The molecule has 1 aromatic rings. The summed E-state index contributed by atoms with van der Waals surface area (Å²) in [6, 6.07) is 8.59. The van der Waals surface area contributed by atoms with Gasteiger partial charge in [-0.2, -0.15) is 0 Å². The molecule has 1 aromatic carbocycles. The summed E-state index contributed by atoms with van der Waals surface area (Å²) in [5.41, 5.74) is 3.03. The number of amides is 1. The predicted octanol–water partition coefficient (Wildman–Crippen LogP) is 2.81. The van der Waals surface area contributed by atoms with Gasteiger partial charge in [-0.25, -0.2) is 4.79 Å². The lowest BCUT2D eigenvalue weighted by Gasteiger charge is -2.37. The van der Waals surface area contributed by atoms with Gasteiger partial charge >= 0.3 is 6.09 Å². The first-order valence-corrected chi connectivity index (χ1v) is 7.00. The Morgan fingerprint density at radius 2 is 2.11 bits per heavy atom. The molecule has 1 heterocycles. The smallest absolute Gasteiger partial charge is 0.404 e. The number of benzene rings is 1. The molecule has 19 heavy (non-hydrogen) atoms. The second-order valence-electron chi connectivity index (χ2n) is 5.81. The van der Waals surface area contributed by atoms with Crippen LogP contribution in [-0.2, 0) is 5.41 Å². The number of hydrogen-bond acceptors (Lipinski definition) is 2. The van der Waals surface area contributed by atoms with E-state index >= 15 is 0 Å². The number of rotatable bonds is 2. The number of nitrogens with one attached hydrogen (secondary N) is 2. The zero-order valence-electron chi connectivity index (χ0n) is 11.0. The fourth-order valence-electron chi connectivity index (χ4n) is 3.57. The SMILES string of the molecule is O=C(O)NCC1CCC2(CC1)CNc1ccccc12. The minimum absolute atomic E-state index is 0.288. The second kappa shape index (κ2) is 4.76. The summed E-state index contributed by atoms with van der Waals surface area (Å²) in [6.07, 6.45) is 3.62. The Morgan fingerprint density at radius 3 is 2.84 bits per heavy atom. The Labute approximate surface area is 113 Å². The fraction of sp³-hybridized carbons (Fsp3) is 0.533. The van der Waals surface area contributed by atoms with Gasteiger partial charge in [0.2, 0.25) is 0 Å². The van der Waals surface area contributed by atoms with Crippen LogP contribution in [0.2, 0.25) is 0 Å². The van der Waals surface area contributed by atoms with Crippen LogP contribution < -0.4 is 10.6 Å². The van der Waals surface area contributed by atoms with Crippen LogP contribution in [0, 0.1) is 5.92 Å². The number of fused-ring (bicyclic) bond motifs is 2. The molecule has 1 spiro atoms. The summed E-state index contributed by atoms with van der Waals surface area (Å²) in [7, 11) is 0. The van der Waals surface area contributed by atoms with E-state index in [1.807, 2.05) is 0 Å². The highest BCUT2D eigenvalue weighted by Gasteiger charge is 2.41. The van der Waals surface area contributed by atoms with E-state index in [9.17, 15) is 4.79 Å². The van der Waals surface area contributed by atoms with Crippen molar-refractivity contribution in [3.05, 3.63) is 29.8 Å². The summed E-state index contributed by atoms with van der Waals surface area (Å²) in [5.74, 6) is 0.495. The Hall–Kier alpha value is -1.71. The van der Waals surface area contributed by atoms with Crippen molar-refractivity contribution in [2.45, 2.75) is 31.1 Å². The fourth-order valence-corrected chi connectivity index (χ4v) is 3.57. The number of carbonyl (C=O) groups is 1. The van der Waals surface area contributed by atoms with Crippen molar-refractivity contribution in [2.24, 2.45) is 5.92 Å². The van der Waals surface area contributed by atoms with E-state index < -0.39 is 6.09 Å². The van der Waals surface area contributed by atoms with Crippen LogP contribution in [-0.4, -0.2) is 24.3 Å². The van der Waals surface area contributed by atoms with Gasteiger partial charge in [0.25, 0.3) is 0 Å². The zero-order valence-corrected chi connectivity index (χ0v) is 11.0. The highest BCUT2D eigenvalue weighted by atomic mass is 16.4. The summed E-state index contributed by atoms with van der Waals surface area (Å²) in [4.78, 5) is 10.5. The molecule has 2 aliphatic rings. The van der Waals surface area contributed by atoms with E-state index in [0.29, 0.717) is 12.5 Å². The van der Waals surface area contributed by atoms with E-state index in [1.165, 1.54) is 11.3 Å². The van der Waals surface area contributed by atoms with E-state index in [2.05, 4.69) is 34.9 Å². The van der Waals surface area contributed by atoms with Crippen LogP contribution in [0.3, 0.4) is 0 Å². The standard InChI is InChI=1S/C15H20N2O2/c18-14(19)16-9-11-5-7-15(8-6-11)10-17-13-4-2-1-3-12(13)15/h1-4,11,16-17H,5-10H2,(H,18,19). The number of hydrogen-bond donors (Lipinski definition) is 3. The molecule has 1 aliphatic heterocycles. The van der Waals surface area contributed by atoms with Crippen LogP contribution in [0.5, 0.6) is 0 Å².